The van der Waals surface area contributed by atoms with Crippen LogP contribution in [0.3, 0.4) is 0 Å². The highest BCUT2D eigenvalue weighted by atomic mass is 35.5. The molecule has 1 heterocycles. The fourth-order valence-electron chi connectivity index (χ4n) is 1.84. The molecule has 2 aromatic rings. The zero-order valence-corrected chi connectivity index (χ0v) is 12.3. The van der Waals surface area contributed by atoms with Crippen molar-refractivity contribution >= 4 is 11.6 Å². The van der Waals surface area contributed by atoms with Crippen molar-refractivity contribution < 1.29 is 9.47 Å². The minimum Gasteiger partial charge on any atom is -0.485 e. The lowest BCUT2D eigenvalue weighted by Gasteiger charge is -2.13. The summed E-state index contributed by atoms with van der Waals surface area (Å²) in [5.74, 6) is 1.26. The van der Waals surface area contributed by atoms with Crippen LogP contribution in [0.25, 0.3) is 0 Å². The predicted molar refractivity (Wildman–Crippen MR) is 79.3 cm³/mol. The second-order valence-electron chi connectivity index (χ2n) is 4.22. The van der Waals surface area contributed by atoms with E-state index in [-0.39, 0.29) is 0 Å². The van der Waals surface area contributed by atoms with Crippen molar-refractivity contribution in [3.8, 4) is 11.6 Å². The second kappa shape index (κ2) is 7.12. The summed E-state index contributed by atoms with van der Waals surface area (Å²) < 4.78 is 10.9. The van der Waals surface area contributed by atoms with Gasteiger partial charge in [0.05, 0.1) is 17.8 Å². The monoisotopic (exact) mass is 292 g/mol. The van der Waals surface area contributed by atoms with Gasteiger partial charge in [0, 0.05) is 18.2 Å². The molecule has 0 aliphatic rings. The molecule has 5 heteroatoms. The molecule has 0 fully saturated rings. The van der Waals surface area contributed by atoms with Gasteiger partial charge in [0.1, 0.15) is 12.4 Å². The van der Waals surface area contributed by atoms with Crippen molar-refractivity contribution in [3.05, 3.63) is 52.7 Å². The van der Waals surface area contributed by atoms with Gasteiger partial charge in [-0.3, -0.25) is 0 Å². The zero-order chi connectivity index (χ0) is 14.4. The van der Waals surface area contributed by atoms with E-state index >= 15 is 0 Å². The molecule has 1 aromatic carbocycles. The van der Waals surface area contributed by atoms with Crippen molar-refractivity contribution in [2.45, 2.75) is 13.2 Å². The maximum atomic E-state index is 6.19. The lowest BCUT2D eigenvalue weighted by molar-refractivity contribution is 0.295. The number of para-hydroxylation sites is 1. The van der Waals surface area contributed by atoms with Crippen LogP contribution >= 0.6 is 11.6 Å². The Balaban J connectivity index is 2.13. The van der Waals surface area contributed by atoms with Gasteiger partial charge in [-0.25, -0.2) is 4.98 Å². The van der Waals surface area contributed by atoms with Gasteiger partial charge in [-0.05, 0) is 19.2 Å². The molecule has 0 aliphatic heterocycles. The molecular weight excluding hydrogens is 276 g/mol. The summed E-state index contributed by atoms with van der Waals surface area (Å²) in [6.07, 6.45) is 0. The molecule has 1 N–H and O–H groups in total. The molecule has 106 valence electrons. The summed E-state index contributed by atoms with van der Waals surface area (Å²) >= 11 is 6.19. The molecule has 20 heavy (non-hydrogen) atoms. The number of halogens is 1. The normalized spacial score (nSPS) is 10.3. The predicted octanol–water partition coefficient (Wildman–Crippen LogP) is 3.04. The molecule has 0 spiro atoms. The van der Waals surface area contributed by atoms with E-state index in [2.05, 4.69) is 10.3 Å². The molecule has 0 bridgehead atoms. The molecule has 1 aromatic heterocycles. The summed E-state index contributed by atoms with van der Waals surface area (Å²) in [6.45, 7) is 1.04. The van der Waals surface area contributed by atoms with Crippen LogP contribution in [0.2, 0.25) is 5.02 Å². The Morgan fingerprint density at radius 1 is 1.20 bits per heavy atom. The summed E-state index contributed by atoms with van der Waals surface area (Å²) in [7, 11) is 3.47. The largest absolute Gasteiger partial charge is 0.485 e. The van der Waals surface area contributed by atoms with Gasteiger partial charge in [-0.1, -0.05) is 29.8 Å². The van der Waals surface area contributed by atoms with E-state index in [1.165, 1.54) is 0 Å². The third kappa shape index (κ3) is 3.62. The van der Waals surface area contributed by atoms with Crippen molar-refractivity contribution in [1.29, 1.82) is 0 Å². The smallest absolute Gasteiger partial charge is 0.213 e. The van der Waals surface area contributed by atoms with Crippen LogP contribution in [0.1, 0.15) is 11.3 Å². The number of benzene rings is 1. The Bertz CT molecular complexity index is 576. The zero-order valence-electron chi connectivity index (χ0n) is 11.5. The Morgan fingerprint density at radius 2 is 2.00 bits per heavy atom. The molecule has 2 rings (SSSR count). The number of hydrogen-bond acceptors (Lipinski definition) is 4. The van der Waals surface area contributed by atoms with Gasteiger partial charge in [-0.2, -0.15) is 0 Å². The van der Waals surface area contributed by atoms with Gasteiger partial charge in [0.2, 0.25) is 5.88 Å². The number of hydrogen-bond donors (Lipinski definition) is 1. The van der Waals surface area contributed by atoms with E-state index in [4.69, 9.17) is 21.1 Å². The van der Waals surface area contributed by atoms with Crippen molar-refractivity contribution in [3.63, 3.8) is 0 Å². The van der Waals surface area contributed by atoms with Crippen molar-refractivity contribution in [2.24, 2.45) is 0 Å². The Morgan fingerprint density at radius 3 is 2.75 bits per heavy atom. The van der Waals surface area contributed by atoms with Crippen molar-refractivity contribution in [1.82, 2.24) is 10.3 Å². The number of rotatable bonds is 6. The SMILES string of the molecule is CNCc1cccc(Cl)c1OCc1cccc(OC)n1. The molecule has 0 unspecified atom stereocenters. The Hall–Kier alpha value is -1.78. The topological polar surface area (TPSA) is 43.4 Å². The lowest BCUT2D eigenvalue weighted by atomic mass is 10.2. The summed E-state index contributed by atoms with van der Waals surface area (Å²) in [4.78, 5) is 4.31. The number of pyridine rings is 1. The lowest BCUT2D eigenvalue weighted by Crippen LogP contribution is -2.08. The van der Waals surface area contributed by atoms with E-state index < -0.39 is 0 Å². The van der Waals surface area contributed by atoms with E-state index in [0.717, 1.165) is 11.3 Å². The van der Waals surface area contributed by atoms with Crippen molar-refractivity contribution in [2.75, 3.05) is 14.2 Å². The number of nitrogens with one attached hydrogen (secondary N) is 1. The first-order chi connectivity index (χ1) is 9.74. The van der Waals surface area contributed by atoms with Gasteiger partial charge < -0.3 is 14.8 Å². The Kier molecular flexibility index (Phi) is 5.21. The summed E-state index contributed by atoms with van der Waals surface area (Å²) in [5.41, 5.74) is 1.81. The quantitative estimate of drug-likeness (QED) is 0.889. The molecule has 0 saturated heterocycles. The van der Waals surface area contributed by atoms with Crippen LogP contribution in [-0.4, -0.2) is 19.1 Å². The second-order valence-corrected chi connectivity index (χ2v) is 4.63. The highest BCUT2D eigenvalue weighted by molar-refractivity contribution is 6.32. The van der Waals surface area contributed by atoms with Crippen LogP contribution in [0.15, 0.2) is 36.4 Å². The molecule has 0 amide bonds. The highest BCUT2D eigenvalue weighted by Gasteiger charge is 2.08. The van der Waals surface area contributed by atoms with Gasteiger partial charge >= 0.3 is 0 Å². The molecule has 0 aliphatic carbocycles. The first-order valence-electron chi connectivity index (χ1n) is 6.29. The molecule has 4 nitrogen and oxygen atoms in total. The van der Waals surface area contributed by atoms with E-state index in [9.17, 15) is 0 Å². The number of aromatic nitrogens is 1. The summed E-state index contributed by atoms with van der Waals surface area (Å²) in [5, 5.41) is 3.69. The molecule has 0 radical (unpaired) electrons. The number of methoxy groups -OCH3 is 1. The average Bonchev–Trinajstić information content (AvgIpc) is 2.47. The molecule has 0 atom stereocenters. The third-order valence-corrected chi connectivity index (χ3v) is 3.07. The van der Waals surface area contributed by atoms with Crippen LogP contribution in [0.5, 0.6) is 11.6 Å². The van der Waals surface area contributed by atoms with Gasteiger partial charge in [0.25, 0.3) is 0 Å². The number of ether oxygens (including phenoxy) is 2. The van der Waals surface area contributed by atoms with E-state index in [1.54, 1.807) is 13.2 Å². The third-order valence-electron chi connectivity index (χ3n) is 2.77. The Labute approximate surface area is 123 Å². The average molecular weight is 293 g/mol. The van der Waals surface area contributed by atoms with Crippen LogP contribution < -0.4 is 14.8 Å². The van der Waals surface area contributed by atoms with Gasteiger partial charge in [-0.15, -0.1) is 0 Å². The highest BCUT2D eigenvalue weighted by Crippen LogP contribution is 2.29. The van der Waals surface area contributed by atoms with Crippen LogP contribution in [-0.2, 0) is 13.2 Å². The maximum absolute atomic E-state index is 6.19. The van der Waals surface area contributed by atoms with Crippen LogP contribution in [0.4, 0.5) is 0 Å². The number of nitrogens with zero attached hydrogens (tertiary/aromatic N) is 1. The van der Waals surface area contributed by atoms with Gasteiger partial charge in [0.15, 0.2) is 0 Å². The van der Waals surface area contributed by atoms with E-state index in [1.807, 2.05) is 37.4 Å². The minimum absolute atomic E-state index is 0.345. The first-order valence-corrected chi connectivity index (χ1v) is 6.67. The standard InChI is InChI=1S/C15H17ClN2O2/c1-17-9-11-5-3-7-13(16)15(11)20-10-12-6-4-8-14(18-12)19-2/h3-8,17H,9-10H2,1-2H3. The summed E-state index contributed by atoms with van der Waals surface area (Å²) in [6, 6.07) is 11.3. The molecular formula is C15H17ClN2O2. The van der Waals surface area contributed by atoms with Crippen LogP contribution in [0, 0.1) is 0 Å². The maximum Gasteiger partial charge on any atom is 0.213 e. The minimum atomic E-state index is 0.345. The fourth-order valence-corrected chi connectivity index (χ4v) is 2.09. The first kappa shape index (κ1) is 14.6. The molecule has 0 saturated carbocycles. The van der Waals surface area contributed by atoms with E-state index in [0.29, 0.717) is 29.8 Å². The fraction of sp³-hybridized carbons (Fsp3) is 0.267.